The third-order valence-electron chi connectivity index (χ3n) is 3.50. The van der Waals surface area contributed by atoms with E-state index < -0.39 is 5.97 Å². The van der Waals surface area contributed by atoms with Crippen LogP contribution >= 0.6 is 0 Å². The molecule has 1 aromatic heterocycles. The van der Waals surface area contributed by atoms with Crippen LogP contribution in [0.3, 0.4) is 0 Å². The summed E-state index contributed by atoms with van der Waals surface area (Å²) >= 11 is 0. The fourth-order valence-electron chi connectivity index (χ4n) is 2.47. The van der Waals surface area contributed by atoms with Gasteiger partial charge in [0, 0.05) is 12.6 Å². The standard InChI is InChI=1S/C15H19N3O3/c1-3-18(11(2)8-15(20)21)14(19)9-17-10-16-12-6-4-5-7-13(12)17/h4-7,10-11H,3,8-9H2,1-2H3,(H,20,21). The highest BCUT2D eigenvalue weighted by atomic mass is 16.4. The van der Waals surface area contributed by atoms with E-state index in [9.17, 15) is 9.59 Å². The highest BCUT2D eigenvalue weighted by molar-refractivity contribution is 5.81. The summed E-state index contributed by atoms with van der Waals surface area (Å²) in [5.74, 6) is -1.00. The van der Waals surface area contributed by atoms with Gasteiger partial charge in [0.15, 0.2) is 0 Å². The predicted octanol–water partition coefficient (Wildman–Crippen LogP) is 1.75. The van der Waals surface area contributed by atoms with Crippen molar-refractivity contribution < 1.29 is 14.7 Å². The van der Waals surface area contributed by atoms with Gasteiger partial charge in [-0.2, -0.15) is 0 Å². The van der Waals surface area contributed by atoms with Gasteiger partial charge in [0.05, 0.1) is 23.8 Å². The number of likely N-dealkylation sites (N-methyl/N-ethyl adjacent to an activating group) is 1. The minimum Gasteiger partial charge on any atom is -0.481 e. The summed E-state index contributed by atoms with van der Waals surface area (Å²) in [6.45, 7) is 4.25. The number of aliphatic carboxylic acids is 1. The molecular formula is C15H19N3O3. The molecule has 21 heavy (non-hydrogen) atoms. The molecule has 1 N–H and O–H groups in total. The van der Waals surface area contributed by atoms with E-state index in [0.29, 0.717) is 6.54 Å². The van der Waals surface area contributed by atoms with Crippen LogP contribution in [0.25, 0.3) is 11.0 Å². The molecule has 1 unspecified atom stereocenters. The van der Waals surface area contributed by atoms with E-state index in [1.54, 1.807) is 22.7 Å². The smallest absolute Gasteiger partial charge is 0.305 e. The monoisotopic (exact) mass is 289 g/mol. The molecule has 0 bridgehead atoms. The Hall–Kier alpha value is -2.37. The second kappa shape index (κ2) is 6.39. The van der Waals surface area contributed by atoms with Crippen LogP contribution < -0.4 is 0 Å². The van der Waals surface area contributed by atoms with Gasteiger partial charge in [-0.3, -0.25) is 9.59 Å². The molecule has 0 saturated heterocycles. The van der Waals surface area contributed by atoms with Crippen molar-refractivity contribution in [1.29, 1.82) is 0 Å². The number of rotatable bonds is 6. The maximum absolute atomic E-state index is 12.4. The van der Waals surface area contributed by atoms with Gasteiger partial charge in [-0.1, -0.05) is 12.1 Å². The molecule has 1 atom stereocenters. The molecule has 0 aliphatic carbocycles. The zero-order valence-corrected chi connectivity index (χ0v) is 12.2. The zero-order valence-electron chi connectivity index (χ0n) is 12.2. The number of benzene rings is 1. The number of carbonyl (C=O) groups is 2. The highest BCUT2D eigenvalue weighted by Gasteiger charge is 2.21. The van der Waals surface area contributed by atoms with Crippen molar-refractivity contribution >= 4 is 22.9 Å². The summed E-state index contributed by atoms with van der Waals surface area (Å²) in [6, 6.07) is 7.27. The third kappa shape index (κ3) is 3.39. The van der Waals surface area contributed by atoms with Gasteiger partial charge in [0.25, 0.3) is 0 Å². The molecule has 0 fully saturated rings. The summed E-state index contributed by atoms with van der Waals surface area (Å²) in [4.78, 5) is 29.0. The average Bonchev–Trinajstić information content (AvgIpc) is 2.82. The molecule has 112 valence electrons. The summed E-state index contributed by atoms with van der Waals surface area (Å²) in [6.07, 6.45) is 1.59. The van der Waals surface area contributed by atoms with Crippen molar-refractivity contribution in [3.63, 3.8) is 0 Å². The maximum Gasteiger partial charge on any atom is 0.305 e. The number of aromatic nitrogens is 2. The van der Waals surface area contributed by atoms with Crippen LogP contribution in [0.15, 0.2) is 30.6 Å². The first kappa shape index (κ1) is 15.0. The first-order valence-electron chi connectivity index (χ1n) is 6.94. The van der Waals surface area contributed by atoms with Crippen molar-refractivity contribution in [2.75, 3.05) is 6.54 Å². The van der Waals surface area contributed by atoms with Crippen molar-refractivity contribution in [1.82, 2.24) is 14.5 Å². The molecule has 6 nitrogen and oxygen atoms in total. The topological polar surface area (TPSA) is 75.4 Å². The van der Waals surface area contributed by atoms with E-state index in [1.807, 2.05) is 31.2 Å². The predicted molar refractivity (Wildman–Crippen MR) is 78.8 cm³/mol. The van der Waals surface area contributed by atoms with Gasteiger partial charge in [-0.25, -0.2) is 4.98 Å². The molecular weight excluding hydrogens is 270 g/mol. The number of nitrogens with zero attached hydrogens (tertiary/aromatic N) is 3. The van der Waals surface area contributed by atoms with Crippen LogP contribution in [-0.4, -0.2) is 44.0 Å². The van der Waals surface area contributed by atoms with E-state index in [0.717, 1.165) is 11.0 Å². The molecule has 0 aliphatic rings. The molecule has 0 spiro atoms. The summed E-state index contributed by atoms with van der Waals surface area (Å²) in [7, 11) is 0. The number of carbonyl (C=O) groups excluding carboxylic acids is 1. The summed E-state index contributed by atoms with van der Waals surface area (Å²) in [5.41, 5.74) is 1.74. The number of para-hydroxylation sites is 2. The Morgan fingerprint density at radius 2 is 2.10 bits per heavy atom. The van der Waals surface area contributed by atoms with Gasteiger partial charge in [-0.05, 0) is 26.0 Å². The lowest BCUT2D eigenvalue weighted by atomic mass is 10.2. The Labute approximate surface area is 123 Å². The quantitative estimate of drug-likeness (QED) is 0.879. The SMILES string of the molecule is CCN(C(=O)Cn1cnc2ccccc21)C(C)CC(=O)O. The van der Waals surface area contributed by atoms with E-state index in [-0.39, 0.29) is 24.9 Å². The van der Waals surface area contributed by atoms with E-state index in [4.69, 9.17) is 5.11 Å². The largest absolute Gasteiger partial charge is 0.481 e. The molecule has 1 amide bonds. The highest BCUT2D eigenvalue weighted by Crippen LogP contribution is 2.13. The van der Waals surface area contributed by atoms with Gasteiger partial charge >= 0.3 is 5.97 Å². The molecule has 6 heteroatoms. The van der Waals surface area contributed by atoms with Crippen LogP contribution in [0.1, 0.15) is 20.3 Å². The second-order valence-electron chi connectivity index (χ2n) is 4.99. The van der Waals surface area contributed by atoms with Crippen LogP contribution in [0.4, 0.5) is 0 Å². The Balaban J connectivity index is 2.14. The first-order chi connectivity index (χ1) is 10.0. The Morgan fingerprint density at radius 3 is 2.76 bits per heavy atom. The van der Waals surface area contributed by atoms with Crippen LogP contribution in [0.5, 0.6) is 0 Å². The Kier molecular flexibility index (Phi) is 4.57. The van der Waals surface area contributed by atoms with Crippen molar-refractivity contribution in [2.45, 2.75) is 32.9 Å². The summed E-state index contributed by atoms with van der Waals surface area (Å²) in [5, 5.41) is 8.85. The molecule has 1 heterocycles. The Bertz CT molecular complexity index is 650. The third-order valence-corrected chi connectivity index (χ3v) is 3.50. The van der Waals surface area contributed by atoms with E-state index >= 15 is 0 Å². The number of carboxylic acid groups (broad SMARTS) is 1. The normalized spacial score (nSPS) is 12.3. The minimum absolute atomic E-state index is 0.0513. The molecule has 0 aliphatic heterocycles. The van der Waals surface area contributed by atoms with E-state index in [1.165, 1.54) is 0 Å². The van der Waals surface area contributed by atoms with E-state index in [2.05, 4.69) is 4.98 Å². The minimum atomic E-state index is -0.901. The molecule has 2 rings (SSSR count). The lowest BCUT2D eigenvalue weighted by molar-refractivity contribution is -0.140. The zero-order chi connectivity index (χ0) is 15.4. The van der Waals surface area contributed by atoms with Crippen LogP contribution in [0, 0.1) is 0 Å². The Morgan fingerprint density at radius 1 is 1.38 bits per heavy atom. The number of amides is 1. The molecule has 1 aromatic carbocycles. The number of fused-ring (bicyclic) bond motifs is 1. The second-order valence-corrected chi connectivity index (χ2v) is 4.99. The number of imidazole rings is 1. The van der Waals surface area contributed by atoms with Crippen LogP contribution in [0.2, 0.25) is 0 Å². The molecule has 0 saturated carbocycles. The fourth-order valence-corrected chi connectivity index (χ4v) is 2.47. The molecule has 0 radical (unpaired) electrons. The molecule has 2 aromatic rings. The lowest BCUT2D eigenvalue weighted by Crippen LogP contribution is -2.41. The first-order valence-corrected chi connectivity index (χ1v) is 6.94. The summed E-state index contributed by atoms with van der Waals surface area (Å²) < 4.78 is 1.79. The van der Waals surface area contributed by atoms with Crippen molar-refractivity contribution in [3.05, 3.63) is 30.6 Å². The van der Waals surface area contributed by atoms with Gasteiger partial charge in [0.1, 0.15) is 6.54 Å². The average molecular weight is 289 g/mol. The lowest BCUT2D eigenvalue weighted by Gasteiger charge is -2.27. The van der Waals surface area contributed by atoms with Crippen LogP contribution in [-0.2, 0) is 16.1 Å². The number of hydrogen-bond donors (Lipinski definition) is 1. The van der Waals surface area contributed by atoms with Crippen molar-refractivity contribution in [2.24, 2.45) is 0 Å². The van der Waals surface area contributed by atoms with Gasteiger partial charge < -0.3 is 14.6 Å². The van der Waals surface area contributed by atoms with Crippen molar-refractivity contribution in [3.8, 4) is 0 Å². The fraction of sp³-hybridized carbons (Fsp3) is 0.400. The number of carboxylic acids is 1. The van der Waals surface area contributed by atoms with Gasteiger partial charge in [-0.15, -0.1) is 0 Å². The van der Waals surface area contributed by atoms with Gasteiger partial charge in [0.2, 0.25) is 5.91 Å². The number of hydrogen-bond acceptors (Lipinski definition) is 3. The maximum atomic E-state index is 12.4.